The lowest BCUT2D eigenvalue weighted by Gasteiger charge is -2.19. The fourth-order valence-corrected chi connectivity index (χ4v) is 3.58. The molecule has 1 saturated heterocycles. The van der Waals surface area contributed by atoms with Crippen LogP contribution in [0.25, 0.3) is 0 Å². The number of hydrogen-bond acceptors (Lipinski definition) is 5. The van der Waals surface area contributed by atoms with E-state index in [9.17, 15) is 22.8 Å². The van der Waals surface area contributed by atoms with Crippen LogP contribution in [0.2, 0.25) is 0 Å². The van der Waals surface area contributed by atoms with Crippen LogP contribution in [0.4, 0.5) is 29.5 Å². The van der Waals surface area contributed by atoms with Gasteiger partial charge in [0.25, 0.3) is 5.91 Å². The molecule has 0 saturated carbocycles. The van der Waals surface area contributed by atoms with Gasteiger partial charge < -0.3 is 25.4 Å². The van der Waals surface area contributed by atoms with Crippen molar-refractivity contribution < 1.29 is 32.6 Å². The van der Waals surface area contributed by atoms with Gasteiger partial charge in [0.2, 0.25) is 0 Å². The van der Waals surface area contributed by atoms with Gasteiger partial charge in [0.1, 0.15) is 11.6 Å². The molecule has 1 aliphatic rings. The molecule has 0 bridgehead atoms. The van der Waals surface area contributed by atoms with Gasteiger partial charge >= 0.3 is 12.5 Å². The molecule has 0 aliphatic carbocycles. The number of benzene rings is 1. The Morgan fingerprint density at radius 1 is 1.27 bits per heavy atom. The van der Waals surface area contributed by atoms with E-state index >= 15 is 0 Å². The number of hydrogen-bond donors (Lipinski definition) is 3. The normalized spacial score (nSPS) is 16.3. The Kier molecular flexibility index (Phi) is 6.34. The van der Waals surface area contributed by atoms with E-state index in [1.807, 2.05) is 4.90 Å². The Morgan fingerprint density at radius 3 is 2.57 bits per heavy atom. The topological polar surface area (TPSA) is 104 Å². The number of carbonyl (C=O) groups is 2. The predicted molar refractivity (Wildman–Crippen MR) is 105 cm³/mol. The number of amides is 2. The maximum Gasteiger partial charge on any atom is 0.573 e. The van der Waals surface area contributed by atoms with Crippen molar-refractivity contribution in [1.29, 1.82) is 0 Å². The number of alkyl halides is 3. The van der Waals surface area contributed by atoms with Gasteiger partial charge in [-0.3, -0.25) is 4.79 Å². The summed E-state index contributed by atoms with van der Waals surface area (Å²) in [5, 5.41) is 13.8. The molecule has 0 spiro atoms. The third-order valence-electron chi connectivity index (χ3n) is 4.25. The second-order valence-electron chi connectivity index (χ2n) is 6.44. The fourth-order valence-electron chi connectivity index (χ4n) is 2.98. The first kappa shape index (κ1) is 21.7. The van der Waals surface area contributed by atoms with Crippen molar-refractivity contribution in [3.8, 4) is 5.75 Å². The molecule has 2 aromatic rings. The highest BCUT2D eigenvalue weighted by atomic mass is 79.9. The fraction of sp³-hybridized carbons (Fsp3) is 0.278. The minimum Gasteiger partial charge on any atom is -0.465 e. The van der Waals surface area contributed by atoms with Crippen LogP contribution in [-0.4, -0.2) is 47.6 Å². The van der Waals surface area contributed by atoms with Crippen LogP contribution in [0.1, 0.15) is 16.8 Å². The largest absolute Gasteiger partial charge is 0.573 e. The molecule has 2 amide bonds. The molecular weight excluding hydrogens is 473 g/mol. The first-order chi connectivity index (χ1) is 14.1. The maximum atomic E-state index is 12.4. The number of rotatable bonds is 5. The second kappa shape index (κ2) is 8.78. The molecule has 0 radical (unpaired) electrons. The maximum absolute atomic E-state index is 12.4. The Hall–Kier alpha value is -3.02. The molecule has 1 atom stereocenters. The van der Waals surface area contributed by atoms with Gasteiger partial charge in [0.15, 0.2) is 0 Å². The zero-order valence-corrected chi connectivity index (χ0v) is 16.8. The highest BCUT2D eigenvalue weighted by Gasteiger charge is 2.31. The van der Waals surface area contributed by atoms with Crippen molar-refractivity contribution in [2.24, 2.45) is 0 Å². The smallest absolute Gasteiger partial charge is 0.465 e. The summed E-state index contributed by atoms with van der Waals surface area (Å²) in [6, 6.07) is 6.12. The molecular formula is C18H16BrF3N4O4. The first-order valence-corrected chi connectivity index (χ1v) is 9.47. The lowest BCUT2D eigenvalue weighted by atomic mass is 10.2. The van der Waals surface area contributed by atoms with E-state index in [-0.39, 0.29) is 17.3 Å². The summed E-state index contributed by atoms with van der Waals surface area (Å²) >= 11 is 3.38. The van der Waals surface area contributed by atoms with Gasteiger partial charge in [-0.05, 0) is 52.7 Å². The summed E-state index contributed by atoms with van der Waals surface area (Å²) in [7, 11) is 0. The number of anilines is 2. The van der Waals surface area contributed by atoms with Crippen LogP contribution >= 0.6 is 15.9 Å². The van der Waals surface area contributed by atoms with Crippen molar-refractivity contribution in [1.82, 2.24) is 10.3 Å². The lowest BCUT2D eigenvalue weighted by molar-refractivity contribution is -0.274. The predicted octanol–water partition coefficient (Wildman–Crippen LogP) is 3.84. The van der Waals surface area contributed by atoms with Crippen molar-refractivity contribution in [3.05, 3.63) is 46.6 Å². The minimum absolute atomic E-state index is 0.205. The number of carboxylic acid groups (broad SMARTS) is 1. The van der Waals surface area contributed by atoms with Crippen LogP contribution in [0.5, 0.6) is 5.75 Å². The Balaban J connectivity index is 1.63. The Morgan fingerprint density at radius 2 is 1.97 bits per heavy atom. The van der Waals surface area contributed by atoms with Crippen LogP contribution in [0.3, 0.4) is 0 Å². The lowest BCUT2D eigenvalue weighted by Crippen LogP contribution is -2.36. The third-order valence-corrected chi connectivity index (χ3v) is 4.83. The summed E-state index contributed by atoms with van der Waals surface area (Å²) < 4.78 is 40.9. The monoisotopic (exact) mass is 488 g/mol. The van der Waals surface area contributed by atoms with Gasteiger partial charge in [-0.25, -0.2) is 9.78 Å². The van der Waals surface area contributed by atoms with Crippen LogP contribution in [0.15, 0.2) is 41.0 Å². The van der Waals surface area contributed by atoms with Crippen LogP contribution in [0, 0.1) is 0 Å². The summed E-state index contributed by atoms with van der Waals surface area (Å²) in [6.07, 6.45) is -3.87. The van der Waals surface area contributed by atoms with E-state index in [0.29, 0.717) is 29.8 Å². The standard InChI is InChI=1S/C18H16BrF3N4O4/c19-14-7-10(8-23-15(14)26-6-5-12(9-26)25-17(28)29)16(27)24-11-1-3-13(4-2-11)30-18(20,21)22/h1-4,7-8,12,25H,5-6,9H2,(H,24,27)(H,28,29). The molecule has 1 aromatic heterocycles. The van der Waals surface area contributed by atoms with Crippen LogP contribution in [-0.2, 0) is 0 Å². The van der Waals surface area contributed by atoms with Gasteiger partial charge in [-0.15, -0.1) is 13.2 Å². The van der Waals surface area contributed by atoms with E-state index in [4.69, 9.17) is 5.11 Å². The van der Waals surface area contributed by atoms with E-state index in [1.54, 1.807) is 6.07 Å². The molecule has 8 nitrogen and oxygen atoms in total. The average molecular weight is 489 g/mol. The number of aromatic nitrogens is 1. The summed E-state index contributed by atoms with van der Waals surface area (Å²) in [4.78, 5) is 29.4. The Labute approximate surface area is 177 Å². The highest BCUT2D eigenvalue weighted by Crippen LogP contribution is 2.28. The van der Waals surface area contributed by atoms with Crippen molar-refractivity contribution in [3.63, 3.8) is 0 Å². The van der Waals surface area contributed by atoms with Gasteiger partial charge in [-0.2, -0.15) is 0 Å². The van der Waals surface area contributed by atoms with E-state index < -0.39 is 24.1 Å². The number of nitrogens with one attached hydrogen (secondary N) is 2. The minimum atomic E-state index is -4.79. The van der Waals surface area contributed by atoms with Gasteiger partial charge in [-0.1, -0.05) is 0 Å². The quantitative estimate of drug-likeness (QED) is 0.590. The number of halogens is 4. The molecule has 12 heteroatoms. The molecule has 1 aliphatic heterocycles. The van der Waals surface area contributed by atoms with Gasteiger partial charge in [0, 0.05) is 25.0 Å². The van der Waals surface area contributed by atoms with Crippen molar-refractivity contribution >= 4 is 39.4 Å². The summed E-state index contributed by atoms with van der Waals surface area (Å²) in [5.41, 5.74) is 0.525. The zero-order valence-electron chi connectivity index (χ0n) is 15.2. The number of carbonyl (C=O) groups excluding carboxylic acids is 1. The van der Waals surface area contributed by atoms with E-state index in [1.165, 1.54) is 18.3 Å². The van der Waals surface area contributed by atoms with Crippen molar-refractivity contribution in [2.45, 2.75) is 18.8 Å². The molecule has 3 N–H and O–H groups in total. The van der Waals surface area contributed by atoms with E-state index in [2.05, 4.69) is 36.3 Å². The molecule has 30 heavy (non-hydrogen) atoms. The highest BCUT2D eigenvalue weighted by molar-refractivity contribution is 9.10. The molecule has 1 fully saturated rings. The Bertz CT molecular complexity index is 940. The SMILES string of the molecule is O=C(O)NC1CCN(c2ncc(C(=O)Nc3ccc(OC(F)(F)F)cc3)cc2Br)C1. The molecule has 160 valence electrons. The van der Waals surface area contributed by atoms with Gasteiger partial charge in [0.05, 0.1) is 16.1 Å². The van der Waals surface area contributed by atoms with E-state index in [0.717, 1.165) is 12.1 Å². The number of pyridine rings is 1. The molecule has 2 heterocycles. The molecule has 1 unspecified atom stereocenters. The van der Waals surface area contributed by atoms with Crippen LogP contribution < -0.4 is 20.3 Å². The van der Waals surface area contributed by atoms with Crippen molar-refractivity contribution in [2.75, 3.05) is 23.3 Å². The number of nitrogens with zero attached hydrogens (tertiary/aromatic N) is 2. The number of ether oxygens (including phenoxy) is 1. The second-order valence-corrected chi connectivity index (χ2v) is 7.29. The summed E-state index contributed by atoms with van der Waals surface area (Å²) in [5.74, 6) is -0.309. The molecule has 1 aromatic carbocycles. The average Bonchev–Trinajstić information content (AvgIpc) is 3.09. The molecule has 3 rings (SSSR count). The first-order valence-electron chi connectivity index (χ1n) is 8.68. The summed E-state index contributed by atoms with van der Waals surface area (Å²) in [6.45, 7) is 1.06. The third kappa shape index (κ3) is 5.75. The zero-order chi connectivity index (χ0) is 21.9.